The molecule has 0 radical (unpaired) electrons. The summed E-state index contributed by atoms with van der Waals surface area (Å²) in [5, 5.41) is 0.413. The quantitative estimate of drug-likeness (QED) is 0.670. The molecule has 1 amide bonds. The number of nitrogens with zero attached hydrogens (tertiary/aromatic N) is 2. The van der Waals surface area contributed by atoms with Gasteiger partial charge in [0.1, 0.15) is 0 Å². The Hall–Kier alpha value is -2.90. The molecule has 0 unspecified atom stereocenters. The van der Waals surface area contributed by atoms with Crippen molar-refractivity contribution in [3.8, 4) is 0 Å². The minimum atomic E-state index is -3.62. The zero-order valence-corrected chi connectivity index (χ0v) is 16.9. The van der Waals surface area contributed by atoms with Gasteiger partial charge in [-0.15, -0.1) is 0 Å². The number of carbonyl (C=O) groups is 1. The number of aromatic nitrogens is 1. The lowest BCUT2D eigenvalue weighted by molar-refractivity contribution is 0.0989. The van der Waals surface area contributed by atoms with Gasteiger partial charge in [-0.2, -0.15) is 0 Å². The number of nitrogens with one attached hydrogen (secondary N) is 1. The number of amides is 1. The molecule has 4 rings (SSSR count). The van der Waals surface area contributed by atoms with E-state index in [2.05, 4.69) is 9.71 Å². The summed E-state index contributed by atoms with van der Waals surface area (Å²) in [4.78, 5) is 18.4. The molecule has 148 valence electrons. The van der Waals surface area contributed by atoms with Crippen LogP contribution < -0.4 is 9.62 Å². The lowest BCUT2D eigenvalue weighted by atomic mass is 10.1. The van der Waals surface area contributed by atoms with Crippen molar-refractivity contribution in [3.63, 3.8) is 0 Å². The first-order chi connectivity index (χ1) is 13.9. The maximum atomic E-state index is 12.7. The molecule has 0 saturated heterocycles. The number of benzene rings is 2. The Morgan fingerprint density at radius 2 is 1.97 bits per heavy atom. The molecule has 8 heteroatoms. The molecule has 0 aliphatic carbocycles. The highest BCUT2D eigenvalue weighted by Crippen LogP contribution is 2.32. The number of hydrogen-bond acceptors (Lipinski definition) is 4. The van der Waals surface area contributed by atoms with Crippen molar-refractivity contribution in [1.29, 1.82) is 0 Å². The third-order valence-electron chi connectivity index (χ3n) is 4.71. The number of fused-ring (bicyclic) bond motifs is 1. The first-order valence-corrected chi connectivity index (χ1v) is 11.0. The predicted octanol–water partition coefficient (Wildman–Crippen LogP) is 3.88. The number of sulfonamides is 1. The third kappa shape index (κ3) is 4.26. The summed E-state index contributed by atoms with van der Waals surface area (Å²) in [7, 11) is -3.62. The average Bonchev–Trinajstić information content (AvgIpc) is 3.12. The second-order valence-electron chi connectivity index (χ2n) is 6.74. The molecular weight excluding hydrogens is 410 g/mol. The number of rotatable bonds is 5. The van der Waals surface area contributed by atoms with E-state index in [4.69, 9.17) is 11.6 Å². The van der Waals surface area contributed by atoms with Crippen LogP contribution in [0, 0.1) is 0 Å². The van der Waals surface area contributed by atoms with Gasteiger partial charge in [-0.1, -0.05) is 29.8 Å². The van der Waals surface area contributed by atoms with Crippen molar-refractivity contribution in [2.45, 2.75) is 12.2 Å². The first kappa shape index (κ1) is 19.4. The van der Waals surface area contributed by atoms with E-state index in [0.29, 0.717) is 34.8 Å². The molecule has 0 fully saturated rings. The van der Waals surface area contributed by atoms with E-state index in [0.717, 1.165) is 11.3 Å². The second kappa shape index (κ2) is 7.85. The van der Waals surface area contributed by atoms with Gasteiger partial charge in [-0.25, -0.2) is 8.42 Å². The fourth-order valence-electron chi connectivity index (χ4n) is 3.36. The summed E-state index contributed by atoms with van der Waals surface area (Å²) in [6.45, 7) is 0.541. The summed E-state index contributed by atoms with van der Waals surface area (Å²) >= 11 is 6.07. The van der Waals surface area contributed by atoms with Crippen LogP contribution in [0.5, 0.6) is 0 Å². The molecule has 2 heterocycles. The second-order valence-corrected chi connectivity index (χ2v) is 8.87. The highest BCUT2D eigenvalue weighted by atomic mass is 35.5. The number of anilines is 2. The number of hydrogen-bond donors (Lipinski definition) is 1. The summed E-state index contributed by atoms with van der Waals surface area (Å²) in [6.07, 6.45) is 3.81. The van der Waals surface area contributed by atoms with E-state index in [1.165, 1.54) is 6.20 Å². The normalized spacial score (nSPS) is 13.2. The molecule has 3 aromatic rings. The smallest absolute Gasteiger partial charge is 0.259 e. The summed E-state index contributed by atoms with van der Waals surface area (Å²) < 4.78 is 27.7. The Kier molecular flexibility index (Phi) is 5.25. The Labute approximate surface area is 174 Å². The summed E-state index contributed by atoms with van der Waals surface area (Å²) in [6, 6.07) is 15.5. The maximum absolute atomic E-state index is 12.7. The lowest BCUT2D eigenvalue weighted by Gasteiger charge is -2.17. The SMILES string of the molecule is O=C(c1cccnc1)N1CCc2cc(NS(=O)(=O)Cc3ccccc3Cl)ccc21. The molecule has 0 spiro atoms. The molecule has 29 heavy (non-hydrogen) atoms. The van der Waals surface area contributed by atoms with E-state index < -0.39 is 10.0 Å². The maximum Gasteiger partial charge on any atom is 0.259 e. The molecule has 1 N–H and O–H groups in total. The molecule has 1 aliphatic heterocycles. The average molecular weight is 428 g/mol. The van der Waals surface area contributed by atoms with Crippen molar-refractivity contribution in [3.05, 3.63) is 88.7 Å². The molecular formula is C21H18ClN3O3S. The summed E-state index contributed by atoms with van der Waals surface area (Å²) in [5.74, 6) is -0.334. The molecule has 1 aromatic heterocycles. The largest absolute Gasteiger partial charge is 0.308 e. The number of pyridine rings is 1. The van der Waals surface area contributed by atoms with Crippen LogP contribution in [0.1, 0.15) is 21.5 Å². The van der Waals surface area contributed by atoms with Crippen molar-refractivity contribution in [2.24, 2.45) is 0 Å². The van der Waals surface area contributed by atoms with Gasteiger partial charge in [0.2, 0.25) is 10.0 Å². The van der Waals surface area contributed by atoms with Crippen LogP contribution in [0.2, 0.25) is 5.02 Å². The van der Waals surface area contributed by atoms with E-state index >= 15 is 0 Å². The Balaban J connectivity index is 1.52. The molecule has 1 aliphatic rings. The van der Waals surface area contributed by atoms with Crippen LogP contribution in [0.25, 0.3) is 0 Å². The van der Waals surface area contributed by atoms with Gasteiger partial charge in [0.15, 0.2) is 0 Å². The Bertz CT molecular complexity index is 1170. The van der Waals surface area contributed by atoms with Crippen molar-refractivity contribution >= 4 is 38.9 Å². The minimum absolute atomic E-state index is 0.121. The van der Waals surface area contributed by atoms with Crippen molar-refractivity contribution in [2.75, 3.05) is 16.2 Å². The highest BCUT2D eigenvalue weighted by Gasteiger charge is 2.26. The first-order valence-electron chi connectivity index (χ1n) is 9.02. The van der Waals surface area contributed by atoms with Gasteiger partial charge in [-0.3, -0.25) is 14.5 Å². The Morgan fingerprint density at radius 1 is 1.14 bits per heavy atom. The number of halogens is 1. The van der Waals surface area contributed by atoms with Crippen LogP contribution >= 0.6 is 11.6 Å². The molecule has 6 nitrogen and oxygen atoms in total. The highest BCUT2D eigenvalue weighted by molar-refractivity contribution is 7.91. The van der Waals surface area contributed by atoms with Crippen LogP contribution in [-0.4, -0.2) is 25.9 Å². The molecule has 0 saturated carbocycles. The van der Waals surface area contributed by atoms with Crippen LogP contribution in [-0.2, 0) is 22.2 Å². The van der Waals surface area contributed by atoms with Crippen LogP contribution in [0.4, 0.5) is 11.4 Å². The molecule has 0 bridgehead atoms. The van der Waals surface area contributed by atoms with Gasteiger partial charge in [0, 0.05) is 35.3 Å². The van der Waals surface area contributed by atoms with E-state index in [1.807, 2.05) is 0 Å². The Morgan fingerprint density at radius 3 is 2.72 bits per heavy atom. The van der Waals surface area contributed by atoms with Gasteiger partial charge in [0.05, 0.1) is 11.3 Å². The monoisotopic (exact) mass is 427 g/mol. The zero-order valence-electron chi connectivity index (χ0n) is 15.4. The van der Waals surface area contributed by atoms with Crippen molar-refractivity contribution in [1.82, 2.24) is 4.98 Å². The van der Waals surface area contributed by atoms with Crippen LogP contribution in [0.15, 0.2) is 67.0 Å². The predicted molar refractivity (Wildman–Crippen MR) is 114 cm³/mol. The standard InChI is InChI=1S/C21H18ClN3O3S/c22-19-6-2-1-4-17(19)14-29(27,28)24-18-7-8-20-15(12-18)9-11-25(20)21(26)16-5-3-10-23-13-16/h1-8,10,12-13,24H,9,11,14H2. The van der Waals surface area contributed by atoms with Gasteiger partial charge in [-0.05, 0) is 53.9 Å². The van der Waals surface area contributed by atoms with Gasteiger partial charge in [0.25, 0.3) is 5.91 Å². The third-order valence-corrected chi connectivity index (χ3v) is 6.31. The van der Waals surface area contributed by atoms with Crippen LogP contribution in [0.3, 0.4) is 0 Å². The number of carbonyl (C=O) groups excluding carboxylic acids is 1. The van der Waals surface area contributed by atoms with E-state index in [1.54, 1.807) is 65.7 Å². The molecule has 0 atom stereocenters. The topological polar surface area (TPSA) is 79.4 Å². The van der Waals surface area contributed by atoms with E-state index in [9.17, 15) is 13.2 Å². The zero-order chi connectivity index (χ0) is 20.4. The fourth-order valence-corrected chi connectivity index (χ4v) is 4.86. The van der Waals surface area contributed by atoms with Gasteiger partial charge >= 0.3 is 0 Å². The van der Waals surface area contributed by atoms with E-state index in [-0.39, 0.29) is 11.7 Å². The van der Waals surface area contributed by atoms with Crippen molar-refractivity contribution < 1.29 is 13.2 Å². The van der Waals surface area contributed by atoms with Gasteiger partial charge < -0.3 is 4.90 Å². The lowest BCUT2D eigenvalue weighted by Crippen LogP contribution is -2.28. The molecule has 2 aromatic carbocycles. The minimum Gasteiger partial charge on any atom is -0.308 e. The fraction of sp³-hybridized carbons (Fsp3) is 0.143. The summed E-state index contributed by atoms with van der Waals surface area (Å²) in [5.41, 5.74) is 3.22.